The quantitative estimate of drug-likeness (QED) is 0.595. The zero-order valence-corrected chi connectivity index (χ0v) is 8.49. The third kappa shape index (κ3) is 0.835. The fraction of sp³-hybridized carbons (Fsp3) is 0.818. The third-order valence-electron chi connectivity index (χ3n) is 3.90. The van der Waals surface area contributed by atoms with Crippen LogP contribution in [0.1, 0.15) is 19.3 Å². The van der Waals surface area contributed by atoms with Crippen LogP contribution >= 0.6 is 0 Å². The number of ether oxygens (including phenoxy) is 3. The van der Waals surface area contributed by atoms with Crippen molar-refractivity contribution in [2.24, 2.45) is 5.92 Å². The Bertz CT molecular complexity index is 268. The van der Waals surface area contributed by atoms with Gasteiger partial charge in [-0.2, -0.15) is 0 Å². The van der Waals surface area contributed by atoms with E-state index >= 15 is 0 Å². The predicted molar refractivity (Wildman–Crippen MR) is 50.9 cm³/mol. The van der Waals surface area contributed by atoms with Gasteiger partial charge in [-0.1, -0.05) is 12.2 Å². The first-order chi connectivity index (χ1) is 6.83. The van der Waals surface area contributed by atoms with Crippen molar-refractivity contribution in [2.45, 2.75) is 30.7 Å². The highest BCUT2D eigenvalue weighted by Crippen LogP contribution is 2.58. The van der Waals surface area contributed by atoms with Crippen LogP contribution in [0.25, 0.3) is 0 Å². The predicted octanol–water partition coefficient (Wildman–Crippen LogP) is 1.48. The van der Waals surface area contributed by atoms with Crippen molar-refractivity contribution in [3.8, 4) is 0 Å². The van der Waals surface area contributed by atoms with Gasteiger partial charge in [-0.05, 0) is 12.8 Å². The van der Waals surface area contributed by atoms with Crippen molar-refractivity contribution in [2.75, 3.05) is 20.3 Å². The zero-order valence-electron chi connectivity index (χ0n) is 8.49. The normalized spacial score (nSPS) is 43.6. The highest BCUT2D eigenvalue weighted by atomic mass is 16.8. The minimum atomic E-state index is -0.419. The second-order valence-electron chi connectivity index (χ2n) is 4.32. The Morgan fingerprint density at radius 2 is 2.14 bits per heavy atom. The molecule has 1 aliphatic heterocycles. The summed E-state index contributed by atoms with van der Waals surface area (Å²) in [6.45, 7) is 1.42. The molecule has 3 rings (SSSR count). The largest absolute Gasteiger partial charge is 0.372 e. The summed E-state index contributed by atoms with van der Waals surface area (Å²) in [4.78, 5) is 0. The van der Waals surface area contributed by atoms with Gasteiger partial charge in [0, 0.05) is 19.4 Å². The second kappa shape index (κ2) is 2.81. The van der Waals surface area contributed by atoms with E-state index < -0.39 is 5.79 Å². The lowest BCUT2D eigenvalue weighted by Gasteiger charge is -2.60. The summed E-state index contributed by atoms with van der Waals surface area (Å²) in [7, 11) is 1.78. The maximum atomic E-state index is 5.76. The van der Waals surface area contributed by atoms with Gasteiger partial charge in [0.2, 0.25) is 0 Å². The van der Waals surface area contributed by atoms with Gasteiger partial charge in [-0.3, -0.25) is 0 Å². The SMILES string of the molecule is CO[C@]12CCC=C[C@H]1CC21OCCO1. The third-order valence-corrected chi connectivity index (χ3v) is 3.90. The van der Waals surface area contributed by atoms with Crippen molar-refractivity contribution in [1.82, 2.24) is 0 Å². The van der Waals surface area contributed by atoms with Gasteiger partial charge in [0.15, 0.2) is 5.79 Å². The monoisotopic (exact) mass is 196 g/mol. The van der Waals surface area contributed by atoms with E-state index in [-0.39, 0.29) is 5.60 Å². The van der Waals surface area contributed by atoms with Gasteiger partial charge in [0.25, 0.3) is 0 Å². The smallest absolute Gasteiger partial charge is 0.199 e. The first-order valence-corrected chi connectivity index (χ1v) is 5.33. The summed E-state index contributed by atoms with van der Waals surface area (Å²) in [5.74, 6) is 0.0660. The number of fused-ring (bicyclic) bond motifs is 2. The summed E-state index contributed by atoms with van der Waals surface area (Å²) in [6.07, 6.45) is 7.54. The van der Waals surface area contributed by atoms with Crippen LogP contribution in [0.15, 0.2) is 12.2 Å². The van der Waals surface area contributed by atoms with Crippen molar-refractivity contribution < 1.29 is 14.2 Å². The van der Waals surface area contributed by atoms with E-state index in [1.54, 1.807) is 7.11 Å². The van der Waals surface area contributed by atoms with Gasteiger partial charge in [-0.25, -0.2) is 0 Å². The summed E-state index contributed by atoms with van der Waals surface area (Å²) >= 11 is 0. The fourth-order valence-electron chi connectivity index (χ4n) is 3.16. The molecule has 1 heterocycles. The average Bonchev–Trinajstić information content (AvgIpc) is 2.68. The maximum absolute atomic E-state index is 5.76. The van der Waals surface area contributed by atoms with E-state index in [4.69, 9.17) is 14.2 Å². The number of hydrogen-bond acceptors (Lipinski definition) is 3. The minimum Gasteiger partial charge on any atom is -0.372 e. The van der Waals surface area contributed by atoms with Crippen LogP contribution in [-0.2, 0) is 14.2 Å². The van der Waals surface area contributed by atoms with Crippen LogP contribution in [0.5, 0.6) is 0 Å². The van der Waals surface area contributed by atoms with Crippen molar-refractivity contribution in [1.29, 1.82) is 0 Å². The molecular formula is C11H16O3. The van der Waals surface area contributed by atoms with Crippen LogP contribution in [0.3, 0.4) is 0 Å². The topological polar surface area (TPSA) is 27.7 Å². The summed E-state index contributed by atoms with van der Waals surface area (Å²) < 4.78 is 17.2. The molecule has 2 atom stereocenters. The molecule has 1 saturated heterocycles. The number of allylic oxidation sites excluding steroid dienone is 1. The second-order valence-corrected chi connectivity index (χ2v) is 4.32. The van der Waals surface area contributed by atoms with Crippen LogP contribution in [0.4, 0.5) is 0 Å². The Labute approximate surface area is 84.0 Å². The standard InChI is InChI=1S/C11H16O3/c1-12-10-5-3-2-4-9(10)8-11(10)13-6-7-14-11/h2,4,9H,3,5-8H2,1H3/t9-,10+/m0/s1. The molecule has 78 valence electrons. The van der Waals surface area contributed by atoms with Crippen LogP contribution < -0.4 is 0 Å². The van der Waals surface area contributed by atoms with E-state index in [1.165, 1.54) is 0 Å². The Balaban J connectivity index is 1.93. The van der Waals surface area contributed by atoms with Gasteiger partial charge in [0.05, 0.1) is 13.2 Å². The van der Waals surface area contributed by atoms with E-state index in [9.17, 15) is 0 Å². The average molecular weight is 196 g/mol. The fourth-order valence-corrected chi connectivity index (χ4v) is 3.16. The molecule has 3 heteroatoms. The van der Waals surface area contributed by atoms with Crippen LogP contribution in [-0.4, -0.2) is 31.7 Å². The van der Waals surface area contributed by atoms with E-state index in [0.717, 1.165) is 19.3 Å². The molecule has 0 bridgehead atoms. The van der Waals surface area contributed by atoms with E-state index in [2.05, 4.69) is 12.2 Å². The molecular weight excluding hydrogens is 180 g/mol. The molecule has 14 heavy (non-hydrogen) atoms. The number of methoxy groups -OCH3 is 1. The van der Waals surface area contributed by atoms with Crippen LogP contribution in [0.2, 0.25) is 0 Å². The first kappa shape index (κ1) is 8.89. The Morgan fingerprint density at radius 3 is 2.79 bits per heavy atom. The maximum Gasteiger partial charge on any atom is 0.199 e. The molecule has 3 aliphatic rings. The molecule has 0 N–H and O–H groups in total. The number of rotatable bonds is 1. The molecule has 0 amide bonds. The van der Waals surface area contributed by atoms with Crippen molar-refractivity contribution in [3.05, 3.63) is 12.2 Å². The van der Waals surface area contributed by atoms with Crippen molar-refractivity contribution >= 4 is 0 Å². The van der Waals surface area contributed by atoms with Gasteiger partial charge < -0.3 is 14.2 Å². The summed E-state index contributed by atoms with van der Waals surface area (Å²) in [5, 5.41) is 0. The van der Waals surface area contributed by atoms with Gasteiger partial charge in [0.1, 0.15) is 5.60 Å². The van der Waals surface area contributed by atoms with Gasteiger partial charge >= 0.3 is 0 Å². The molecule has 2 aliphatic carbocycles. The number of hydrogen-bond donors (Lipinski definition) is 0. The van der Waals surface area contributed by atoms with E-state index in [0.29, 0.717) is 19.1 Å². The lowest BCUT2D eigenvalue weighted by atomic mass is 9.59. The van der Waals surface area contributed by atoms with Crippen LogP contribution in [0, 0.1) is 5.92 Å². The molecule has 3 nitrogen and oxygen atoms in total. The molecule has 1 saturated carbocycles. The molecule has 0 aromatic carbocycles. The Hall–Kier alpha value is -0.380. The molecule has 0 aromatic heterocycles. The molecule has 0 radical (unpaired) electrons. The highest BCUT2D eigenvalue weighted by Gasteiger charge is 2.69. The zero-order chi connectivity index (χ0) is 9.65. The van der Waals surface area contributed by atoms with Crippen molar-refractivity contribution in [3.63, 3.8) is 0 Å². The van der Waals surface area contributed by atoms with Gasteiger partial charge in [-0.15, -0.1) is 0 Å². The Kier molecular flexibility index (Phi) is 1.79. The molecule has 1 spiro atoms. The molecule has 0 unspecified atom stereocenters. The van der Waals surface area contributed by atoms with E-state index in [1.807, 2.05) is 0 Å². The lowest BCUT2D eigenvalue weighted by molar-refractivity contribution is -0.357. The summed E-state index contributed by atoms with van der Waals surface area (Å²) in [6, 6.07) is 0. The highest BCUT2D eigenvalue weighted by molar-refractivity contribution is 5.22. The molecule has 0 aromatic rings. The summed E-state index contributed by atoms with van der Waals surface area (Å²) in [5.41, 5.74) is -0.196. The lowest BCUT2D eigenvalue weighted by Crippen LogP contribution is -2.70. The molecule has 2 fully saturated rings. The first-order valence-electron chi connectivity index (χ1n) is 5.33. The minimum absolute atomic E-state index is 0.196. The Morgan fingerprint density at radius 1 is 1.36 bits per heavy atom.